The number of ether oxygens (including phenoxy) is 1. The summed E-state index contributed by atoms with van der Waals surface area (Å²) in [6.07, 6.45) is 5.02. The molecule has 4 rings (SSSR count). The van der Waals surface area contributed by atoms with Crippen molar-refractivity contribution in [3.05, 3.63) is 60.7 Å². The Bertz CT molecular complexity index is 935. The molecular formula is C20H22N6O2. The van der Waals surface area contributed by atoms with Crippen molar-refractivity contribution in [1.82, 2.24) is 24.9 Å². The summed E-state index contributed by atoms with van der Waals surface area (Å²) >= 11 is 0. The zero-order valence-corrected chi connectivity index (χ0v) is 15.7. The fourth-order valence-electron chi connectivity index (χ4n) is 3.29. The van der Waals surface area contributed by atoms with Crippen molar-refractivity contribution < 1.29 is 9.53 Å². The van der Waals surface area contributed by atoms with E-state index in [4.69, 9.17) is 4.74 Å². The van der Waals surface area contributed by atoms with Crippen molar-refractivity contribution in [2.45, 2.75) is 6.92 Å². The number of piperazine rings is 1. The number of para-hydroxylation sites is 2. The van der Waals surface area contributed by atoms with E-state index in [1.165, 1.54) is 0 Å². The zero-order chi connectivity index (χ0) is 19.3. The Hall–Kier alpha value is -3.42. The van der Waals surface area contributed by atoms with E-state index >= 15 is 0 Å². The Morgan fingerprint density at radius 1 is 1.11 bits per heavy atom. The Morgan fingerprint density at radius 2 is 1.93 bits per heavy atom. The number of hydrogen-bond donors (Lipinski definition) is 0. The third-order valence-corrected chi connectivity index (χ3v) is 4.70. The lowest BCUT2D eigenvalue weighted by Crippen LogP contribution is -2.49. The fourth-order valence-corrected chi connectivity index (χ4v) is 3.29. The summed E-state index contributed by atoms with van der Waals surface area (Å²) in [6, 6.07) is 11.7. The number of pyridine rings is 1. The maximum absolute atomic E-state index is 12.8. The largest absolute Gasteiger partial charge is 0.492 e. The van der Waals surface area contributed by atoms with Gasteiger partial charge in [-0.05, 0) is 31.2 Å². The third-order valence-electron chi connectivity index (χ3n) is 4.70. The molecule has 0 saturated carbocycles. The molecule has 1 fully saturated rings. The van der Waals surface area contributed by atoms with E-state index in [2.05, 4.69) is 26.3 Å². The fraction of sp³-hybridized carbons (Fsp3) is 0.300. The quantitative estimate of drug-likeness (QED) is 0.676. The molecule has 8 heteroatoms. The van der Waals surface area contributed by atoms with Crippen LogP contribution >= 0.6 is 0 Å². The first-order chi connectivity index (χ1) is 13.8. The molecule has 0 spiro atoms. The van der Waals surface area contributed by atoms with Crippen LogP contribution in [0.1, 0.15) is 17.4 Å². The molecule has 8 nitrogen and oxygen atoms in total. The number of hydrogen-bond acceptors (Lipinski definition) is 6. The lowest BCUT2D eigenvalue weighted by Gasteiger charge is -2.36. The summed E-state index contributed by atoms with van der Waals surface area (Å²) < 4.78 is 7.29. The van der Waals surface area contributed by atoms with E-state index in [0.717, 1.165) is 30.2 Å². The molecule has 28 heavy (non-hydrogen) atoms. The van der Waals surface area contributed by atoms with E-state index in [0.29, 0.717) is 25.4 Å². The third kappa shape index (κ3) is 3.66. The Labute approximate surface area is 163 Å². The van der Waals surface area contributed by atoms with Gasteiger partial charge in [-0.15, -0.1) is 5.10 Å². The highest BCUT2D eigenvalue weighted by Crippen LogP contribution is 2.29. The van der Waals surface area contributed by atoms with E-state index in [-0.39, 0.29) is 5.91 Å². The molecule has 3 heterocycles. The average molecular weight is 378 g/mol. The molecule has 144 valence electrons. The van der Waals surface area contributed by atoms with Crippen LogP contribution in [0.5, 0.6) is 5.75 Å². The SMILES string of the molecule is CCOc1ccccc1N1CCN(C(=O)c2cn(-c3cccnc3)nn2)CC1. The number of nitrogens with zero attached hydrogens (tertiary/aromatic N) is 6. The van der Waals surface area contributed by atoms with Crippen molar-refractivity contribution in [3.8, 4) is 11.4 Å². The molecular weight excluding hydrogens is 356 g/mol. The highest BCUT2D eigenvalue weighted by molar-refractivity contribution is 5.92. The van der Waals surface area contributed by atoms with Crippen LogP contribution < -0.4 is 9.64 Å². The second kappa shape index (κ2) is 8.08. The summed E-state index contributed by atoms with van der Waals surface area (Å²) in [6.45, 7) is 5.34. The van der Waals surface area contributed by atoms with Gasteiger partial charge in [-0.2, -0.15) is 0 Å². The number of carbonyl (C=O) groups excluding carboxylic acids is 1. The zero-order valence-electron chi connectivity index (χ0n) is 15.7. The molecule has 1 aromatic carbocycles. The van der Waals surface area contributed by atoms with Crippen LogP contribution in [-0.2, 0) is 0 Å². The molecule has 1 saturated heterocycles. The summed E-state index contributed by atoms with van der Waals surface area (Å²) in [5.74, 6) is 0.775. The molecule has 3 aromatic rings. The average Bonchev–Trinajstić information content (AvgIpc) is 3.25. The lowest BCUT2D eigenvalue weighted by atomic mass is 10.2. The maximum atomic E-state index is 12.8. The van der Waals surface area contributed by atoms with Crippen molar-refractivity contribution in [2.24, 2.45) is 0 Å². The smallest absolute Gasteiger partial charge is 0.276 e. The molecule has 0 radical (unpaired) electrons. The summed E-state index contributed by atoms with van der Waals surface area (Å²) in [5, 5.41) is 8.09. The van der Waals surface area contributed by atoms with E-state index in [9.17, 15) is 4.79 Å². The van der Waals surface area contributed by atoms with Gasteiger partial charge in [-0.3, -0.25) is 9.78 Å². The van der Waals surface area contributed by atoms with Crippen LogP contribution in [0.4, 0.5) is 5.69 Å². The van der Waals surface area contributed by atoms with Crippen molar-refractivity contribution in [1.29, 1.82) is 0 Å². The normalized spacial score (nSPS) is 14.2. The molecule has 0 aliphatic carbocycles. The minimum absolute atomic E-state index is 0.104. The Balaban J connectivity index is 1.42. The minimum Gasteiger partial charge on any atom is -0.492 e. The maximum Gasteiger partial charge on any atom is 0.276 e. The second-order valence-corrected chi connectivity index (χ2v) is 6.44. The number of carbonyl (C=O) groups is 1. The highest BCUT2D eigenvalue weighted by Gasteiger charge is 2.25. The van der Waals surface area contributed by atoms with Gasteiger partial charge < -0.3 is 14.5 Å². The molecule has 0 bridgehead atoms. The first-order valence-corrected chi connectivity index (χ1v) is 9.35. The molecule has 0 unspecified atom stereocenters. The van der Waals surface area contributed by atoms with Crippen LogP contribution in [0.15, 0.2) is 55.0 Å². The van der Waals surface area contributed by atoms with Crippen LogP contribution in [0, 0.1) is 0 Å². The number of aromatic nitrogens is 4. The van der Waals surface area contributed by atoms with Gasteiger partial charge in [0.2, 0.25) is 0 Å². The highest BCUT2D eigenvalue weighted by atomic mass is 16.5. The van der Waals surface area contributed by atoms with Gasteiger partial charge in [-0.25, -0.2) is 4.68 Å². The van der Waals surface area contributed by atoms with Crippen molar-refractivity contribution in [3.63, 3.8) is 0 Å². The van der Waals surface area contributed by atoms with E-state index in [1.807, 2.05) is 42.2 Å². The predicted octanol–water partition coefficient (Wildman–Crippen LogP) is 2.02. The molecule has 1 aliphatic rings. The topological polar surface area (TPSA) is 76.4 Å². The Morgan fingerprint density at radius 3 is 2.68 bits per heavy atom. The molecule has 0 atom stereocenters. The number of rotatable bonds is 5. The van der Waals surface area contributed by atoms with Gasteiger partial charge in [0.25, 0.3) is 5.91 Å². The first-order valence-electron chi connectivity index (χ1n) is 9.35. The standard InChI is InChI=1S/C20H22N6O2/c1-2-28-19-8-4-3-7-18(19)24-10-12-25(13-11-24)20(27)17-15-26(23-22-17)16-6-5-9-21-14-16/h3-9,14-15H,2,10-13H2,1H3. The van der Waals surface area contributed by atoms with Gasteiger partial charge in [0.15, 0.2) is 5.69 Å². The van der Waals surface area contributed by atoms with Crippen molar-refractivity contribution >= 4 is 11.6 Å². The second-order valence-electron chi connectivity index (χ2n) is 6.44. The molecule has 0 N–H and O–H groups in total. The summed E-state index contributed by atoms with van der Waals surface area (Å²) in [4.78, 5) is 20.9. The van der Waals surface area contributed by atoms with Crippen LogP contribution in [0.3, 0.4) is 0 Å². The van der Waals surface area contributed by atoms with Gasteiger partial charge >= 0.3 is 0 Å². The number of benzene rings is 1. The van der Waals surface area contributed by atoms with Gasteiger partial charge in [0.05, 0.1) is 30.4 Å². The summed E-state index contributed by atoms with van der Waals surface area (Å²) in [7, 11) is 0. The van der Waals surface area contributed by atoms with E-state index in [1.54, 1.807) is 23.3 Å². The van der Waals surface area contributed by atoms with Gasteiger partial charge in [0, 0.05) is 32.4 Å². The van der Waals surface area contributed by atoms with Gasteiger partial charge in [0.1, 0.15) is 5.75 Å². The predicted molar refractivity (Wildman–Crippen MR) is 105 cm³/mol. The Kier molecular flexibility index (Phi) is 5.18. The first kappa shape index (κ1) is 18.0. The molecule has 1 aliphatic heterocycles. The van der Waals surface area contributed by atoms with Crippen molar-refractivity contribution in [2.75, 3.05) is 37.7 Å². The molecule has 1 amide bonds. The number of amides is 1. The van der Waals surface area contributed by atoms with Crippen LogP contribution in [-0.4, -0.2) is 63.6 Å². The monoisotopic (exact) mass is 378 g/mol. The van der Waals surface area contributed by atoms with Crippen LogP contribution in [0.2, 0.25) is 0 Å². The lowest BCUT2D eigenvalue weighted by molar-refractivity contribution is 0.0740. The number of anilines is 1. The van der Waals surface area contributed by atoms with Crippen LogP contribution in [0.25, 0.3) is 5.69 Å². The molecule has 2 aromatic heterocycles. The van der Waals surface area contributed by atoms with E-state index < -0.39 is 0 Å². The summed E-state index contributed by atoms with van der Waals surface area (Å²) in [5.41, 5.74) is 2.18. The minimum atomic E-state index is -0.104. The van der Waals surface area contributed by atoms with Gasteiger partial charge in [-0.1, -0.05) is 17.3 Å².